The van der Waals surface area contributed by atoms with E-state index in [1.54, 1.807) is 60.7 Å². The Hall–Kier alpha value is -2.18. The van der Waals surface area contributed by atoms with Crippen LogP contribution in [0.25, 0.3) is 0 Å². The van der Waals surface area contributed by atoms with E-state index in [0.717, 1.165) is 0 Å². The Balaban J connectivity index is 2.64. The average Bonchev–Trinajstić information content (AvgIpc) is 2.44. The third-order valence-corrected chi connectivity index (χ3v) is 4.40. The van der Waals surface area contributed by atoms with E-state index in [-0.39, 0.29) is 0 Å². The Bertz CT molecular complexity index is 674. The maximum Gasteiger partial charge on any atom is 0.324 e. The van der Waals surface area contributed by atoms with Crippen LogP contribution in [-0.2, 0) is 14.8 Å². The second-order valence-electron chi connectivity index (χ2n) is 4.65. The molecule has 1 unspecified atom stereocenters. The van der Waals surface area contributed by atoms with E-state index in [9.17, 15) is 18.3 Å². The third kappa shape index (κ3) is 3.48. The maximum atomic E-state index is 11.8. The fourth-order valence-electron chi connectivity index (χ4n) is 2.34. The molecule has 0 fully saturated rings. The minimum atomic E-state index is -4.26. The molecule has 0 radical (unpaired) electrons. The molecule has 0 bridgehead atoms. The molecule has 0 amide bonds. The molecule has 2 aromatic rings. The summed E-state index contributed by atoms with van der Waals surface area (Å²) < 4.78 is 23.5. The van der Waals surface area contributed by atoms with E-state index in [1.165, 1.54) is 0 Å². The number of carboxylic acid groups (broad SMARTS) is 1. The number of carbonyl (C=O) groups is 1. The van der Waals surface area contributed by atoms with Gasteiger partial charge >= 0.3 is 5.97 Å². The number of hydrogen-bond acceptors (Lipinski definition) is 3. The highest BCUT2D eigenvalue weighted by Crippen LogP contribution is 2.31. The molecule has 110 valence electrons. The second-order valence-corrected chi connectivity index (χ2v) is 6.33. The predicted molar refractivity (Wildman–Crippen MR) is 79.3 cm³/mol. The van der Waals surface area contributed by atoms with Crippen molar-refractivity contribution in [3.8, 4) is 0 Å². The van der Waals surface area contributed by atoms with Crippen LogP contribution in [0.4, 0.5) is 0 Å². The van der Waals surface area contributed by atoms with Gasteiger partial charge in [-0.3, -0.25) is 4.79 Å². The van der Waals surface area contributed by atoms with Gasteiger partial charge in [0, 0.05) is 5.92 Å². The average molecular weight is 305 g/mol. The molecule has 0 aromatic heterocycles. The lowest BCUT2D eigenvalue weighted by molar-refractivity contribution is -0.136. The van der Waals surface area contributed by atoms with Gasteiger partial charge in [0.05, 0.1) is 0 Å². The highest BCUT2D eigenvalue weighted by molar-refractivity contribution is 7.90. The lowest BCUT2D eigenvalue weighted by atomic mass is 9.88. The number of carboxylic acids is 1. The summed E-state index contributed by atoms with van der Waals surface area (Å²) in [7, 11) is -4.26. The summed E-state index contributed by atoms with van der Waals surface area (Å²) in [5.74, 6) is -2.32. The summed E-state index contributed by atoms with van der Waals surface area (Å²) in [6, 6.07) is 17.2. The van der Waals surface area contributed by atoms with Gasteiger partial charge in [-0.2, -0.15) is 0 Å². The maximum absolute atomic E-state index is 11.8. The summed E-state index contributed by atoms with van der Waals surface area (Å²) in [6.45, 7) is 0. The summed E-state index contributed by atoms with van der Waals surface area (Å²) in [5, 5.41) is 12.8. The largest absolute Gasteiger partial charge is 0.480 e. The summed E-state index contributed by atoms with van der Waals surface area (Å²) in [5.41, 5.74) is 1.18. The zero-order chi connectivity index (χ0) is 15.5. The highest BCUT2D eigenvalue weighted by atomic mass is 32.2. The van der Waals surface area contributed by atoms with Crippen LogP contribution in [0, 0.1) is 0 Å². The van der Waals surface area contributed by atoms with Crippen LogP contribution in [-0.4, -0.2) is 24.7 Å². The van der Waals surface area contributed by atoms with Crippen molar-refractivity contribution < 1.29 is 18.3 Å². The molecular formula is C15H15NO4S. The van der Waals surface area contributed by atoms with Crippen molar-refractivity contribution in [2.45, 2.75) is 11.2 Å². The summed E-state index contributed by atoms with van der Waals surface area (Å²) >= 11 is 0. The normalized spacial score (nSPS) is 13.0. The molecule has 0 aliphatic heterocycles. The van der Waals surface area contributed by atoms with Gasteiger partial charge in [0.25, 0.3) is 0 Å². The summed E-state index contributed by atoms with van der Waals surface area (Å²) in [4.78, 5) is 11.5. The Morgan fingerprint density at radius 2 is 1.29 bits per heavy atom. The van der Waals surface area contributed by atoms with Crippen LogP contribution in [0.3, 0.4) is 0 Å². The molecule has 0 spiro atoms. The van der Waals surface area contributed by atoms with Gasteiger partial charge in [-0.1, -0.05) is 60.7 Å². The van der Waals surface area contributed by atoms with Crippen molar-refractivity contribution in [2.75, 3.05) is 0 Å². The Morgan fingerprint density at radius 3 is 1.57 bits per heavy atom. The third-order valence-electron chi connectivity index (χ3n) is 3.22. The number of benzene rings is 2. The number of nitrogens with two attached hydrogens (primary N) is 1. The molecule has 2 rings (SSSR count). The second kappa shape index (κ2) is 6.07. The molecule has 21 heavy (non-hydrogen) atoms. The molecule has 0 aliphatic rings. The molecule has 5 nitrogen and oxygen atoms in total. The molecule has 0 heterocycles. The molecule has 0 saturated carbocycles. The summed E-state index contributed by atoms with van der Waals surface area (Å²) in [6.07, 6.45) is 0. The van der Waals surface area contributed by atoms with Crippen molar-refractivity contribution in [1.82, 2.24) is 0 Å². The van der Waals surface area contributed by atoms with Gasteiger partial charge in [0.15, 0.2) is 5.25 Å². The predicted octanol–water partition coefficient (Wildman–Crippen LogP) is 1.56. The van der Waals surface area contributed by atoms with E-state index >= 15 is 0 Å². The minimum absolute atomic E-state index is 0.588. The van der Waals surface area contributed by atoms with Crippen LogP contribution < -0.4 is 5.14 Å². The molecule has 1 atom stereocenters. The van der Waals surface area contributed by atoms with Crippen molar-refractivity contribution in [2.24, 2.45) is 5.14 Å². The Kier molecular flexibility index (Phi) is 4.40. The van der Waals surface area contributed by atoms with Crippen LogP contribution >= 0.6 is 0 Å². The Labute approximate surface area is 123 Å². The van der Waals surface area contributed by atoms with E-state index in [2.05, 4.69) is 0 Å². The number of hydrogen-bond donors (Lipinski definition) is 2. The van der Waals surface area contributed by atoms with Crippen LogP contribution in [0.5, 0.6) is 0 Å². The van der Waals surface area contributed by atoms with Gasteiger partial charge < -0.3 is 5.11 Å². The van der Waals surface area contributed by atoms with Gasteiger partial charge in [-0.15, -0.1) is 0 Å². The monoisotopic (exact) mass is 305 g/mol. The van der Waals surface area contributed by atoms with Crippen molar-refractivity contribution in [3.63, 3.8) is 0 Å². The molecule has 6 heteroatoms. The number of rotatable bonds is 5. The van der Waals surface area contributed by atoms with Gasteiger partial charge in [0.2, 0.25) is 10.0 Å². The smallest absolute Gasteiger partial charge is 0.324 e. The number of aliphatic carboxylic acids is 1. The standard InChI is InChI=1S/C15H15NO4S/c16-21(19,20)14(15(17)18)13(11-7-3-1-4-8-11)12-9-5-2-6-10-12/h1-10,13-14H,(H,17,18)(H2,16,19,20). The van der Waals surface area contributed by atoms with Crippen LogP contribution in [0.15, 0.2) is 60.7 Å². The fraction of sp³-hybridized carbons (Fsp3) is 0.133. The van der Waals surface area contributed by atoms with E-state index in [4.69, 9.17) is 5.14 Å². The van der Waals surface area contributed by atoms with E-state index in [1.807, 2.05) is 0 Å². The topological polar surface area (TPSA) is 97.5 Å². The fourth-order valence-corrected chi connectivity index (χ4v) is 3.31. The molecule has 0 saturated heterocycles. The van der Waals surface area contributed by atoms with Crippen molar-refractivity contribution in [3.05, 3.63) is 71.8 Å². The van der Waals surface area contributed by atoms with Crippen LogP contribution in [0.1, 0.15) is 17.0 Å². The lowest BCUT2D eigenvalue weighted by Gasteiger charge is -2.23. The van der Waals surface area contributed by atoms with Crippen molar-refractivity contribution in [1.29, 1.82) is 0 Å². The highest BCUT2D eigenvalue weighted by Gasteiger charge is 2.39. The number of sulfonamides is 1. The van der Waals surface area contributed by atoms with Crippen LogP contribution in [0.2, 0.25) is 0 Å². The first-order chi connectivity index (χ1) is 9.91. The van der Waals surface area contributed by atoms with Crippen molar-refractivity contribution >= 4 is 16.0 Å². The first-order valence-corrected chi connectivity index (χ1v) is 7.86. The minimum Gasteiger partial charge on any atom is -0.480 e. The molecule has 3 N–H and O–H groups in total. The zero-order valence-electron chi connectivity index (χ0n) is 11.1. The molecular weight excluding hydrogens is 290 g/mol. The first-order valence-electron chi connectivity index (χ1n) is 6.25. The Morgan fingerprint density at radius 1 is 0.905 bits per heavy atom. The lowest BCUT2D eigenvalue weighted by Crippen LogP contribution is -2.40. The number of primary sulfonamides is 1. The first kappa shape index (κ1) is 15.2. The molecule has 0 aliphatic carbocycles. The van der Waals surface area contributed by atoms with E-state index < -0.39 is 27.2 Å². The van der Waals surface area contributed by atoms with E-state index in [0.29, 0.717) is 11.1 Å². The zero-order valence-corrected chi connectivity index (χ0v) is 11.9. The quantitative estimate of drug-likeness (QED) is 0.876. The molecule has 2 aromatic carbocycles. The van der Waals surface area contributed by atoms with Gasteiger partial charge in [0.1, 0.15) is 0 Å². The van der Waals surface area contributed by atoms with Gasteiger partial charge in [-0.25, -0.2) is 13.6 Å². The SMILES string of the molecule is NS(=O)(=O)C(C(=O)O)C(c1ccccc1)c1ccccc1. The van der Waals surface area contributed by atoms with Gasteiger partial charge in [-0.05, 0) is 11.1 Å².